The second-order valence-electron chi connectivity index (χ2n) is 4.30. The quantitative estimate of drug-likeness (QED) is 0.724. The third-order valence-corrected chi connectivity index (χ3v) is 8.12. The topological polar surface area (TPSA) is 0 Å². The van der Waals surface area contributed by atoms with E-state index >= 15 is 0 Å². The van der Waals surface area contributed by atoms with Gasteiger partial charge in [0.1, 0.15) is 0 Å². The van der Waals surface area contributed by atoms with Gasteiger partial charge in [0.05, 0.1) is 0 Å². The zero-order valence-corrected chi connectivity index (χ0v) is 11.4. The molecular formula is C11H18Sn. The van der Waals surface area contributed by atoms with E-state index in [0.29, 0.717) is 0 Å². The molecule has 0 aliphatic heterocycles. The first-order chi connectivity index (χ1) is 5.54. The molecule has 0 saturated heterocycles. The van der Waals surface area contributed by atoms with Crippen molar-refractivity contribution in [2.45, 2.75) is 28.2 Å². The monoisotopic (exact) mass is 270 g/mol. The van der Waals surface area contributed by atoms with Gasteiger partial charge in [0.25, 0.3) is 0 Å². The summed E-state index contributed by atoms with van der Waals surface area (Å²) in [5.41, 5.74) is 1.45. The average molecular weight is 269 g/mol. The van der Waals surface area contributed by atoms with Crippen LogP contribution in [0.2, 0.25) is 14.8 Å². The molecule has 66 valence electrons. The Morgan fingerprint density at radius 3 is 1.83 bits per heavy atom. The van der Waals surface area contributed by atoms with Crippen LogP contribution in [0.25, 0.3) is 0 Å². The van der Waals surface area contributed by atoms with Crippen LogP contribution in [0.3, 0.4) is 0 Å². The van der Waals surface area contributed by atoms with Gasteiger partial charge < -0.3 is 0 Å². The van der Waals surface area contributed by atoms with Crippen molar-refractivity contribution in [1.29, 1.82) is 0 Å². The first kappa shape index (κ1) is 10.1. The third kappa shape index (κ3) is 2.51. The van der Waals surface area contributed by atoms with Gasteiger partial charge in [-0.1, -0.05) is 0 Å². The third-order valence-electron chi connectivity index (χ3n) is 2.23. The number of aryl methyl sites for hydroxylation is 1. The van der Waals surface area contributed by atoms with Crippen LogP contribution in [0, 0.1) is 0 Å². The van der Waals surface area contributed by atoms with Crippen molar-refractivity contribution in [2.24, 2.45) is 0 Å². The van der Waals surface area contributed by atoms with E-state index in [1.54, 1.807) is 3.58 Å². The minimum absolute atomic E-state index is 1.15. The Morgan fingerprint density at radius 2 is 1.50 bits per heavy atom. The predicted octanol–water partition coefficient (Wildman–Crippen LogP) is 2.79. The van der Waals surface area contributed by atoms with Crippen molar-refractivity contribution in [3.05, 3.63) is 29.8 Å². The Morgan fingerprint density at radius 1 is 1.00 bits per heavy atom. The molecule has 1 rings (SSSR count). The summed E-state index contributed by atoms with van der Waals surface area (Å²) in [4.78, 5) is 7.36. The van der Waals surface area contributed by atoms with E-state index in [1.165, 1.54) is 5.56 Å². The fourth-order valence-corrected chi connectivity index (χ4v) is 4.57. The molecule has 1 aromatic carbocycles. The molecule has 0 aromatic heterocycles. The molecule has 0 N–H and O–H groups in total. The van der Waals surface area contributed by atoms with E-state index in [2.05, 4.69) is 46.0 Å². The van der Waals surface area contributed by atoms with E-state index < -0.39 is 18.4 Å². The van der Waals surface area contributed by atoms with Gasteiger partial charge in [-0.15, -0.1) is 0 Å². The number of hydrogen-bond donors (Lipinski definition) is 0. The summed E-state index contributed by atoms with van der Waals surface area (Å²) in [6.45, 7) is 2.20. The predicted molar refractivity (Wildman–Crippen MR) is 58.8 cm³/mol. The number of hydrogen-bond acceptors (Lipinski definition) is 0. The van der Waals surface area contributed by atoms with Crippen LogP contribution < -0.4 is 3.58 Å². The molecule has 12 heavy (non-hydrogen) atoms. The Labute approximate surface area is 79.9 Å². The molecule has 0 amide bonds. The van der Waals surface area contributed by atoms with E-state index in [1.807, 2.05) is 0 Å². The molecule has 0 aliphatic rings. The van der Waals surface area contributed by atoms with E-state index in [9.17, 15) is 0 Å². The van der Waals surface area contributed by atoms with Gasteiger partial charge in [-0.25, -0.2) is 0 Å². The summed E-state index contributed by atoms with van der Waals surface area (Å²) in [6.07, 6.45) is 1.15. The number of benzene rings is 1. The second-order valence-corrected chi connectivity index (χ2v) is 18.8. The molecule has 0 nitrogen and oxygen atoms in total. The summed E-state index contributed by atoms with van der Waals surface area (Å²) < 4.78 is 1.63. The standard InChI is InChI=1S/C8H9.3CH3.Sn/c1-2-8-6-4-3-5-7-8;;;;/h4-7H,2H2,1H3;3*1H3;. The van der Waals surface area contributed by atoms with Crippen LogP contribution in [0.5, 0.6) is 0 Å². The molecule has 1 heteroatoms. The fourth-order valence-electron chi connectivity index (χ4n) is 1.24. The molecule has 0 unspecified atom stereocenters. The van der Waals surface area contributed by atoms with Crippen molar-refractivity contribution < 1.29 is 0 Å². The fraction of sp³-hybridized carbons (Fsp3) is 0.455. The number of rotatable bonds is 2. The van der Waals surface area contributed by atoms with Crippen LogP contribution in [0.15, 0.2) is 24.3 Å². The Balaban J connectivity index is 2.93. The molecule has 0 aliphatic carbocycles. The molecule has 0 atom stereocenters. The summed E-state index contributed by atoms with van der Waals surface area (Å²) in [6, 6.07) is 9.21. The zero-order chi connectivity index (χ0) is 9.19. The van der Waals surface area contributed by atoms with Gasteiger partial charge in [-0.05, 0) is 0 Å². The van der Waals surface area contributed by atoms with Crippen molar-refractivity contribution in [1.82, 2.24) is 0 Å². The van der Waals surface area contributed by atoms with Crippen LogP contribution in [-0.2, 0) is 6.42 Å². The van der Waals surface area contributed by atoms with Crippen molar-refractivity contribution >= 4 is 22.0 Å². The van der Waals surface area contributed by atoms with Gasteiger partial charge in [-0.3, -0.25) is 0 Å². The zero-order valence-electron chi connectivity index (χ0n) is 8.52. The van der Waals surface area contributed by atoms with Crippen molar-refractivity contribution in [2.75, 3.05) is 0 Å². The normalized spacial score (nSPS) is 11.7. The molecule has 1 aromatic rings. The molecule has 0 heterocycles. The van der Waals surface area contributed by atoms with Crippen LogP contribution >= 0.6 is 0 Å². The Kier molecular flexibility index (Phi) is 3.21. The van der Waals surface area contributed by atoms with E-state index in [4.69, 9.17) is 0 Å². The van der Waals surface area contributed by atoms with Gasteiger partial charge >= 0.3 is 79.9 Å². The van der Waals surface area contributed by atoms with Gasteiger partial charge in [0, 0.05) is 0 Å². The second kappa shape index (κ2) is 3.82. The summed E-state index contributed by atoms with van der Waals surface area (Å²) >= 11 is -1.76. The maximum atomic E-state index is 2.45. The molecular weight excluding hydrogens is 251 g/mol. The summed E-state index contributed by atoms with van der Waals surface area (Å²) in [5, 5.41) is 0. The molecule has 0 saturated carbocycles. The molecule has 0 radical (unpaired) electrons. The van der Waals surface area contributed by atoms with Gasteiger partial charge in [0.2, 0.25) is 0 Å². The van der Waals surface area contributed by atoms with Crippen LogP contribution in [0.1, 0.15) is 12.5 Å². The van der Waals surface area contributed by atoms with Crippen LogP contribution in [0.4, 0.5) is 0 Å². The molecule has 0 spiro atoms. The Hall–Kier alpha value is 0.0187. The first-order valence-corrected chi connectivity index (χ1v) is 14.6. The van der Waals surface area contributed by atoms with Gasteiger partial charge in [-0.2, -0.15) is 0 Å². The minimum atomic E-state index is -1.76. The van der Waals surface area contributed by atoms with E-state index in [-0.39, 0.29) is 0 Å². The Bertz CT molecular complexity index is 241. The first-order valence-electron chi connectivity index (χ1n) is 4.63. The van der Waals surface area contributed by atoms with Crippen molar-refractivity contribution in [3.8, 4) is 0 Å². The SMILES string of the molecule is CCc1cc[c]([Sn]([CH3])([CH3])[CH3])cc1. The summed E-state index contributed by atoms with van der Waals surface area (Å²) in [7, 11) is 0. The maximum absolute atomic E-state index is 2.45. The van der Waals surface area contributed by atoms with Crippen LogP contribution in [-0.4, -0.2) is 18.4 Å². The molecule has 0 fully saturated rings. The average Bonchev–Trinajstić information content (AvgIpc) is 2.03. The molecule has 0 bridgehead atoms. The van der Waals surface area contributed by atoms with E-state index in [0.717, 1.165) is 6.42 Å². The van der Waals surface area contributed by atoms with Crippen molar-refractivity contribution in [3.63, 3.8) is 0 Å². The summed E-state index contributed by atoms with van der Waals surface area (Å²) in [5.74, 6) is 0. The van der Waals surface area contributed by atoms with Gasteiger partial charge in [0.15, 0.2) is 0 Å².